The minimum absolute atomic E-state index is 0.453. The standard InChI is InChI=1S/C12H12N6/c1-2-6-14-11(13-5-1)17-9-10-18-12-15-7-3-4-8-16-12/h1-8H,9-10H2. The van der Waals surface area contributed by atoms with Gasteiger partial charge in [-0.3, -0.25) is 0 Å². The van der Waals surface area contributed by atoms with Gasteiger partial charge in [0.15, 0.2) is 0 Å². The number of hydrogen-bond acceptors (Lipinski definition) is 6. The molecule has 0 aromatic carbocycles. The van der Waals surface area contributed by atoms with E-state index in [4.69, 9.17) is 0 Å². The first-order valence-corrected chi connectivity index (χ1v) is 5.51. The molecule has 6 heteroatoms. The number of hydrogen-bond donors (Lipinski definition) is 0. The summed E-state index contributed by atoms with van der Waals surface area (Å²) >= 11 is 0. The number of aromatic nitrogens is 4. The van der Waals surface area contributed by atoms with Gasteiger partial charge in [-0.2, -0.15) is 0 Å². The van der Waals surface area contributed by atoms with E-state index >= 15 is 0 Å². The van der Waals surface area contributed by atoms with Crippen LogP contribution in [0.5, 0.6) is 0 Å². The smallest absolute Gasteiger partial charge is 0.244 e. The van der Waals surface area contributed by atoms with E-state index in [-0.39, 0.29) is 0 Å². The largest absolute Gasteiger partial charge is 0.247 e. The quantitative estimate of drug-likeness (QED) is 0.694. The SMILES string of the molecule is c1ccnc(=NCCN=c2nccccn2)nc1. The predicted octanol–water partition coefficient (Wildman–Crippen LogP) is -0.232. The van der Waals surface area contributed by atoms with Gasteiger partial charge < -0.3 is 0 Å². The molecule has 0 aliphatic heterocycles. The summed E-state index contributed by atoms with van der Waals surface area (Å²) < 4.78 is 0. The summed E-state index contributed by atoms with van der Waals surface area (Å²) in [7, 11) is 0. The molecular weight excluding hydrogens is 228 g/mol. The topological polar surface area (TPSA) is 76.3 Å². The van der Waals surface area contributed by atoms with Gasteiger partial charge in [-0.05, 0) is 24.3 Å². The predicted molar refractivity (Wildman–Crippen MR) is 64.9 cm³/mol. The van der Waals surface area contributed by atoms with Crippen molar-refractivity contribution >= 4 is 0 Å². The van der Waals surface area contributed by atoms with Gasteiger partial charge in [0.25, 0.3) is 0 Å². The summed E-state index contributed by atoms with van der Waals surface area (Å²) in [6.07, 6.45) is 6.62. The fraction of sp³-hybridized carbons (Fsp3) is 0.167. The van der Waals surface area contributed by atoms with Crippen molar-refractivity contribution in [3.05, 3.63) is 60.3 Å². The lowest BCUT2D eigenvalue weighted by molar-refractivity contribution is 0.846. The molecule has 0 saturated heterocycles. The van der Waals surface area contributed by atoms with Gasteiger partial charge in [-0.1, -0.05) is 0 Å². The highest BCUT2D eigenvalue weighted by molar-refractivity contribution is 4.82. The lowest BCUT2D eigenvalue weighted by Crippen LogP contribution is -2.13. The van der Waals surface area contributed by atoms with Gasteiger partial charge in [0.2, 0.25) is 11.2 Å². The molecular formula is C12H12N6. The Bertz CT molecular complexity index is 525. The molecule has 0 aliphatic carbocycles. The maximum absolute atomic E-state index is 4.21. The molecule has 6 nitrogen and oxygen atoms in total. The molecule has 0 amide bonds. The molecule has 2 aromatic heterocycles. The van der Waals surface area contributed by atoms with Gasteiger partial charge >= 0.3 is 0 Å². The van der Waals surface area contributed by atoms with E-state index < -0.39 is 0 Å². The van der Waals surface area contributed by atoms with Crippen LogP contribution in [0.2, 0.25) is 0 Å². The second kappa shape index (κ2) is 6.95. The molecule has 2 heterocycles. The molecule has 0 fully saturated rings. The number of nitrogens with zero attached hydrogens (tertiary/aromatic N) is 6. The van der Waals surface area contributed by atoms with Gasteiger partial charge in [0.05, 0.1) is 13.1 Å². The van der Waals surface area contributed by atoms with Crippen molar-refractivity contribution in [1.82, 2.24) is 19.9 Å². The van der Waals surface area contributed by atoms with Crippen LogP contribution in [-0.4, -0.2) is 33.0 Å². The molecule has 0 unspecified atom stereocenters. The second-order valence-corrected chi connectivity index (χ2v) is 3.25. The van der Waals surface area contributed by atoms with Crippen LogP contribution in [0.4, 0.5) is 0 Å². The van der Waals surface area contributed by atoms with E-state index in [9.17, 15) is 0 Å². The van der Waals surface area contributed by atoms with Crippen molar-refractivity contribution in [3.8, 4) is 0 Å². The Morgan fingerprint density at radius 3 is 1.28 bits per heavy atom. The molecule has 2 rings (SSSR count). The highest BCUT2D eigenvalue weighted by atomic mass is 15.0. The zero-order valence-electron chi connectivity index (χ0n) is 9.72. The molecule has 2 aromatic rings. The first kappa shape index (κ1) is 12.0. The summed E-state index contributed by atoms with van der Waals surface area (Å²) in [6, 6.07) is 7.20. The molecule has 0 atom stereocenters. The van der Waals surface area contributed by atoms with Crippen molar-refractivity contribution in [3.63, 3.8) is 0 Å². The summed E-state index contributed by atoms with van der Waals surface area (Å²) in [6.45, 7) is 1.01. The van der Waals surface area contributed by atoms with Gasteiger partial charge in [0, 0.05) is 24.8 Å². The second-order valence-electron chi connectivity index (χ2n) is 3.25. The molecule has 0 saturated carbocycles. The average molecular weight is 240 g/mol. The zero-order valence-corrected chi connectivity index (χ0v) is 9.72. The average Bonchev–Trinajstić information content (AvgIpc) is 2.79. The molecule has 0 bridgehead atoms. The highest BCUT2D eigenvalue weighted by Gasteiger charge is 1.83. The third-order valence-corrected chi connectivity index (χ3v) is 1.93. The molecule has 0 spiro atoms. The van der Waals surface area contributed by atoms with E-state index in [0.29, 0.717) is 24.3 Å². The minimum atomic E-state index is 0.453. The Labute approximate surface area is 104 Å². The van der Waals surface area contributed by atoms with E-state index in [1.54, 1.807) is 49.1 Å². The number of rotatable bonds is 3. The Morgan fingerprint density at radius 1 is 0.611 bits per heavy atom. The third-order valence-electron chi connectivity index (χ3n) is 1.93. The Hall–Kier alpha value is -2.50. The monoisotopic (exact) mass is 240 g/mol. The van der Waals surface area contributed by atoms with Gasteiger partial charge in [-0.25, -0.2) is 29.9 Å². The van der Waals surface area contributed by atoms with Crippen molar-refractivity contribution in [2.24, 2.45) is 9.98 Å². The van der Waals surface area contributed by atoms with Crippen LogP contribution in [-0.2, 0) is 0 Å². The van der Waals surface area contributed by atoms with Gasteiger partial charge in [-0.15, -0.1) is 0 Å². The summed E-state index contributed by atoms with van der Waals surface area (Å²) in [4.78, 5) is 24.6. The minimum Gasteiger partial charge on any atom is -0.247 e. The van der Waals surface area contributed by atoms with E-state index in [1.807, 2.05) is 0 Å². The van der Waals surface area contributed by atoms with Crippen LogP contribution in [0.25, 0.3) is 0 Å². The summed E-state index contributed by atoms with van der Waals surface area (Å²) in [5.74, 6) is 0. The molecule has 18 heavy (non-hydrogen) atoms. The zero-order chi connectivity index (χ0) is 12.5. The summed E-state index contributed by atoms with van der Waals surface area (Å²) in [5, 5.41) is 0. The third kappa shape index (κ3) is 4.17. The van der Waals surface area contributed by atoms with E-state index in [2.05, 4.69) is 29.9 Å². The van der Waals surface area contributed by atoms with E-state index in [1.165, 1.54) is 0 Å². The fourth-order valence-electron chi connectivity index (χ4n) is 1.17. The summed E-state index contributed by atoms with van der Waals surface area (Å²) in [5.41, 5.74) is 0.907. The van der Waals surface area contributed by atoms with Crippen LogP contribution in [0.1, 0.15) is 0 Å². The normalized spacial score (nSPS) is 9.56. The van der Waals surface area contributed by atoms with Crippen molar-refractivity contribution in [2.75, 3.05) is 13.1 Å². The maximum Gasteiger partial charge on any atom is 0.244 e. The maximum atomic E-state index is 4.21. The molecule has 0 aliphatic rings. The van der Waals surface area contributed by atoms with Crippen LogP contribution in [0.3, 0.4) is 0 Å². The fourth-order valence-corrected chi connectivity index (χ4v) is 1.17. The lowest BCUT2D eigenvalue weighted by atomic mass is 10.6. The van der Waals surface area contributed by atoms with Crippen LogP contribution in [0.15, 0.2) is 59.0 Å². The van der Waals surface area contributed by atoms with Crippen LogP contribution in [0, 0.1) is 0 Å². The van der Waals surface area contributed by atoms with Gasteiger partial charge in [0.1, 0.15) is 0 Å². The highest BCUT2D eigenvalue weighted by Crippen LogP contribution is 1.72. The molecule has 0 radical (unpaired) electrons. The Kier molecular flexibility index (Phi) is 4.62. The Balaban J connectivity index is 2.03. The van der Waals surface area contributed by atoms with Crippen molar-refractivity contribution < 1.29 is 0 Å². The van der Waals surface area contributed by atoms with Crippen LogP contribution < -0.4 is 11.2 Å². The Morgan fingerprint density at radius 2 is 0.944 bits per heavy atom. The van der Waals surface area contributed by atoms with Crippen molar-refractivity contribution in [2.45, 2.75) is 0 Å². The molecule has 0 N–H and O–H groups in total. The van der Waals surface area contributed by atoms with Crippen molar-refractivity contribution in [1.29, 1.82) is 0 Å². The molecule has 90 valence electrons. The van der Waals surface area contributed by atoms with Crippen LogP contribution >= 0.6 is 0 Å². The first-order valence-electron chi connectivity index (χ1n) is 5.51. The van der Waals surface area contributed by atoms with E-state index in [0.717, 1.165) is 0 Å². The lowest BCUT2D eigenvalue weighted by Gasteiger charge is -1.85. The first-order chi connectivity index (χ1) is 8.95.